The van der Waals surface area contributed by atoms with E-state index in [1.54, 1.807) is 30.5 Å². The molecule has 0 unspecified atom stereocenters. The molecule has 1 saturated heterocycles. The number of likely N-dealkylation sites (tertiary alicyclic amines) is 1. The van der Waals surface area contributed by atoms with Crippen molar-refractivity contribution in [3.63, 3.8) is 0 Å². The number of hydrogen-bond donors (Lipinski definition) is 1. The largest absolute Gasteiger partial charge is 0.366 e. The third-order valence-electron chi connectivity index (χ3n) is 6.06. The van der Waals surface area contributed by atoms with Crippen molar-refractivity contribution in [2.45, 2.75) is 25.4 Å². The number of amides is 2. The Balaban J connectivity index is 1.64. The van der Waals surface area contributed by atoms with Crippen molar-refractivity contribution >= 4 is 46.7 Å². The predicted molar refractivity (Wildman–Crippen MR) is 134 cm³/mol. The lowest BCUT2D eigenvalue weighted by Gasteiger charge is -2.40. The molecule has 1 aliphatic heterocycles. The lowest BCUT2D eigenvalue weighted by Crippen LogP contribution is -2.43. The number of benzene rings is 2. The number of nitrogens with zero attached hydrogens (tertiary/aromatic N) is 4. The van der Waals surface area contributed by atoms with Gasteiger partial charge in [-0.25, -0.2) is 4.39 Å². The second-order valence-electron chi connectivity index (χ2n) is 8.31. The fraction of sp³-hybridized carbons (Fsp3) is 0.240. The molecule has 2 heterocycles. The number of primary amides is 1. The highest BCUT2D eigenvalue weighted by Gasteiger charge is 2.29. The van der Waals surface area contributed by atoms with Crippen LogP contribution in [0.5, 0.6) is 0 Å². The first-order valence-corrected chi connectivity index (χ1v) is 11.8. The van der Waals surface area contributed by atoms with E-state index in [1.807, 2.05) is 23.1 Å². The lowest BCUT2D eigenvalue weighted by molar-refractivity contribution is 0.0923. The molecule has 2 amide bonds. The summed E-state index contributed by atoms with van der Waals surface area (Å²) in [6.07, 6.45) is 3.31. The monoisotopic (exact) mass is 515 g/mol. The molecule has 1 aliphatic rings. The van der Waals surface area contributed by atoms with Crippen molar-refractivity contribution < 1.29 is 14.0 Å². The average molecular weight is 516 g/mol. The molecule has 0 radical (unpaired) electrons. The molecule has 0 spiro atoms. The van der Waals surface area contributed by atoms with Gasteiger partial charge in [-0.15, -0.1) is 0 Å². The number of nitrogens with two attached hydrogens (primary N) is 1. The minimum absolute atomic E-state index is 0.0333. The van der Waals surface area contributed by atoms with Crippen LogP contribution in [0.2, 0.25) is 0 Å². The highest BCUT2D eigenvalue weighted by Crippen LogP contribution is 2.35. The first-order chi connectivity index (χ1) is 16.8. The van der Waals surface area contributed by atoms with Gasteiger partial charge in [0.25, 0.3) is 11.8 Å². The lowest BCUT2D eigenvalue weighted by atomic mass is 9.99. The van der Waals surface area contributed by atoms with Crippen LogP contribution < -0.4 is 10.6 Å². The molecular formula is C25H24Cl2FN5O2. The third-order valence-corrected chi connectivity index (χ3v) is 6.37. The van der Waals surface area contributed by atoms with E-state index in [4.69, 9.17) is 29.3 Å². The number of piperidine rings is 1. The van der Waals surface area contributed by atoms with Gasteiger partial charge < -0.3 is 10.6 Å². The summed E-state index contributed by atoms with van der Waals surface area (Å²) in [6.45, 7) is 2.33. The fourth-order valence-electron chi connectivity index (χ4n) is 4.38. The van der Waals surface area contributed by atoms with Crippen molar-refractivity contribution in [2.75, 3.05) is 18.0 Å². The summed E-state index contributed by atoms with van der Waals surface area (Å²) in [5, 5.41) is 0. The van der Waals surface area contributed by atoms with Crippen LogP contribution in [0.4, 0.5) is 15.8 Å². The van der Waals surface area contributed by atoms with Gasteiger partial charge in [0.15, 0.2) is 0 Å². The van der Waals surface area contributed by atoms with Gasteiger partial charge in [-0.05, 0) is 67.4 Å². The van der Waals surface area contributed by atoms with E-state index in [2.05, 4.69) is 9.88 Å². The van der Waals surface area contributed by atoms with Gasteiger partial charge in [-0.2, -0.15) is 3.94 Å². The number of rotatable bonds is 7. The molecule has 2 N–H and O–H groups in total. The Hall–Kier alpha value is -3.20. The van der Waals surface area contributed by atoms with Crippen molar-refractivity contribution in [3.05, 3.63) is 89.5 Å². The molecule has 0 bridgehead atoms. The predicted octanol–water partition coefficient (Wildman–Crippen LogP) is 4.87. The molecule has 10 heteroatoms. The second kappa shape index (κ2) is 11.0. The van der Waals surface area contributed by atoms with Crippen LogP contribution in [-0.4, -0.2) is 44.8 Å². The van der Waals surface area contributed by atoms with Crippen molar-refractivity contribution in [3.8, 4) is 0 Å². The third kappa shape index (κ3) is 5.90. The summed E-state index contributed by atoms with van der Waals surface area (Å²) in [5.41, 5.74) is 8.21. The molecule has 2 aromatic carbocycles. The minimum Gasteiger partial charge on any atom is -0.366 e. The second-order valence-corrected chi connectivity index (χ2v) is 9.16. The van der Waals surface area contributed by atoms with E-state index >= 15 is 0 Å². The standard InChI is InChI=1S/C25H24Cl2FN5O2/c26-33(27)25(35)17-4-7-20(8-5-17)32(23-15-18(28)6-9-22(23)24(29)34)21-10-13-31(14-11-21)16-19-3-1-2-12-30-19/h1-9,12,15,21H,10-11,13-14,16H2,(H2,29,34). The maximum Gasteiger partial charge on any atom is 0.283 e. The van der Waals surface area contributed by atoms with Crippen LogP contribution in [0.25, 0.3) is 0 Å². The van der Waals surface area contributed by atoms with E-state index in [1.165, 1.54) is 18.2 Å². The summed E-state index contributed by atoms with van der Waals surface area (Å²) in [4.78, 5) is 32.9. The summed E-state index contributed by atoms with van der Waals surface area (Å²) in [7, 11) is 0. The Kier molecular flexibility index (Phi) is 7.85. The highest BCUT2D eigenvalue weighted by atomic mass is 35.5. The van der Waals surface area contributed by atoms with Crippen LogP contribution in [0.3, 0.4) is 0 Å². The first kappa shape index (κ1) is 24.9. The Morgan fingerprint density at radius 1 is 1.06 bits per heavy atom. The SMILES string of the molecule is NC(=O)c1ccc(F)cc1N(c1ccc(C(=O)N(Cl)Cl)cc1)C1CCN(Cc2ccccn2)CC1. The summed E-state index contributed by atoms with van der Waals surface area (Å²) >= 11 is 11.1. The topological polar surface area (TPSA) is 82.8 Å². The van der Waals surface area contributed by atoms with Crippen LogP contribution in [0.1, 0.15) is 39.3 Å². The molecule has 1 aromatic heterocycles. The maximum absolute atomic E-state index is 14.3. The molecule has 0 aliphatic carbocycles. The van der Waals surface area contributed by atoms with E-state index in [0.717, 1.165) is 38.2 Å². The summed E-state index contributed by atoms with van der Waals surface area (Å²) in [6, 6.07) is 16.4. The average Bonchev–Trinajstić information content (AvgIpc) is 2.86. The zero-order valence-electron chi connectivity index (χ0n) is 18.8. The molecule has 3 aromatic rings. The zero-order chi connectivity index (χ0) is 24.9. The first-order valence-electron chi connectivity index (χ1n) is 11.1. The number of carbonyl (C=O) groups is 2. The van der Waals surface area contributed by atoms with Crippen LogP contribution in [-0.2, 0) is 6.54 Å². The van der Waals surface area contributed by atoms with Gasteiger partial charge in [-0.1, -0.05) is 6.07 Å². The van der Waals surface area contributed by atoms with Crippen LogP contribution in [0.15, 0.2) is 66.9 Å². The van der Waals surface area contributed by atoms with Gasteiger partial charge in [0.05, 0.1) is 16.9 Å². The number of halogens is 3. The normalized spacial score (nSPS) is 14.5. The molecule has 0 saturated carbocycles. The molecule has 4 rings (SSSR count). The summed E-state index contributed by atoms with van der Waals surface area (Å²) in [5.74, 6) is -1.70. The molecule has 0 atom stereocenters. The van der Waals surface area contributed by atoms with E-state index in [9.17, 15) is 14.0 Å². The van der Waals surface area contributed by atoms with Gasteiger partial charge in [0, 0.05) is 66.7 Å². The minimum atomic E-state index is -0.649. The Labute approximate surface area is 213 Å². The van der Waals surface area contributed by atoms with E-state index in [-0.39, 0.29) is 11.6 Å². The van der Waals surface area contributed by atoms with E-state index in [0.29, 0.717) is 20.9 Å². The number of hydrogen-bond acceptors (Lipinski definition) is 5. The molecular weight excluding hydrogens is 492 g/mol. The summed E-state index contributed by atoms with van der Waals surface area (Å²) < 4.78 is 14.8. The maximum atomic E-state index is 14.3. The van der Waals surface area contributed by atoms with Gasteiger partial charge in [0.2, 0.25) is 0 Å². The van der Waals surface area contributed by atoms with Crippen molar-refractivity contribution in [1.82, 2.24) is 13.8 Å². The molecule has 1 fully saturated rings. The Bertz CT molecular complexity index is 1190. The van der Waals surface area contributed by atoms with Crippen molar-refractivity contribution in [1.29, 1.82) is 0 Å². The number of anilines is 2. The zero-order valence-corrected chi connectivity index (χ0v) is 20.3. The van der Waals surface area contributed by atoms with Crippen LogP contribution in [0, 0.1) is 5.82 Å². The Morgan fingerprint density at radius 2 is 1.77 bits per heavy atom. The van der Waals surface area contributed by atoms with Gasteiger partial charge in [0.1, 0.15) is 5.82 Å². The van der Waals surface area contributed by atoms with Crippen molar-refractivity contribution in [2.24, 2.45) is 5.73 Å². The number of pyridine rings is 1. The quantitative estimate of drug-likeness (QED) is 0.453. The molecule has 35 heavy (non-hydrogen) atoms. The van der Waals surface area contributed by atoms with E-state index < -0.39 is 17.6 Å². The number of aromatic nitrogens is 1. The fourth-order valence-corrected chi connectivity index (χ4v) is 4.57. The molecule has 182 valence electrons. The van der Waals surface area contributed by atoms with Crippen LogP contribution >= 0.6 is 23.6 Å². The number of carbonyl (C=O) groups excluding carboxylic acids is 2. The molecule has 7 nitrogen and oxygen atoms in total. The smallest absolute Gasteiger partial charge is 0.283 e. The highest BCUT2D eigenvalue weighted by molar-refractivity contribution is 6.43. The van der Waals surface area contributed by atoms with Gasteiger partial charge >= 0.3 is 0 Å². The Morgan fingerprint density at radius 3 is 2.37 bits per heavy atom. The van der Waals surface area contributed by atoms with Gasteiger partial charge in [-0.3, -0.25) is 19.5 Å².